The Morgan fingerprint density at radius 2 is 2.00 bits per heavy atom. The number of nitriles is 1. The molecule has 2 N–H and O–H groups in total. The van der Waals surface area contributed by atoms with Gasteiger partial charge in [0.1, 0.15) is 0 Å². The second-order valence-corrected chi connectivity index (χ2v) is 6.19. The molecular weight excluding hydrogens is 234 g/mol. The van der Waals surface area contributed by atoms with Crippen LogP contribution in [0.5, 0.6) is 0 Å². The number of rotatable bonds is 5. The van der Waals surface area contributed by atoms with E-state index in [0.717, 1.165) is 44.6 Å². The lowest BCUT2D eigenvalue weighted by Crippen LogP contribution is -2.18. The summed E-state index contributed by atoms with van der Waals surface area (Å²) in [7, 11) is 0. The van der Waals surface area contributed by atoms with Crippen LogP contribution >= 0.6 is 0 Å². The summed E-state index contributed by atoms with van der Waals surface area (Å²) in [6, 6.07) is 8.58. The van der Waals surface area contributed by atoms with Crippen molar-refractivity contribution in [1.29, 1.82) is 5.26 Å². The van der Waals surface area contributed by atoms with E-state index in [1.54, 1.807) is 0 Å². The third-order valence-corrected chi connectivity index (χ3v) is 3.85. The van der Waals surface area contributed by atoms with Gasteiger partial charge in [-0.2, -0.15) is 5.26 Å². The predicted molar refractivity (Wildman–Crippen MR) is 78.2 cm³/mol. The number of nitrogens with zero attached hydrogens (tertiary/aromatic N) is 2. The fourth-order valence-electron chi connectivity index (χ4n) is 2.60. The van der Waals surface area contributed by atoms with Crippen LogP contribution in [0.4, 0.5) is 5.69 Å². The van der Waals surface area contributed by atoms with Crippen LogP contribution in [0, 0.1) is 16.7 Å². The van der Waals surface area contributed by atoms with Crippen molar-refractivity contribution in [3.63, 3.8) is 0 Å². The Hall–Kier alpha value is -1.53. The predicted octanol–water partition coefficient (Wildman–Crippen LogP) is 3.30. The third kappa shape index (κ3) is 3.71. The highest BCUT2D eigenvalue weighted by molar-refractivity contribution is 5.46. The van der Waals surface area contributed by atoms with Crippen LogP contribution < -0.4 is 5.73 Å². The molecule has 0 aromatic heterocycles. The van der Waals surface area contributed by atoms with Gasteiger partial charge in [-0.05, 0) is 56.5 Å². The van der Waals surface area contributed by atoms with Gasteiger partial charge in [-0.25, -0.2) is 0 Å². The van der Waals surface area contributed by atoms with Crippen molar-refractivity contribution in [2.24, 2.45) is 5.41 Å². The van der Waals surface area contributed by atoms with E-state index in [1.165, 1.54) is 11.1 Å². The highest BCUT2D eigenvalue weighted by Crippen LogP contribution is 2.26. The summed E-state index contributed by atoms with van der Waals surface area (Å²) in [5, 5.41) is 8.98. The second kappa shape index (κ2) is 5.63. The smallest absolute Gasteiger partial charge is 0.0683 e. The molecule has 1 aromatic carbocycles. The average Bonchev–Trinajstić information content (AvgIpc) is 2.76. The van der Waals surface area contributed by atoms with Crippen molar-refractivity contribution < 1.29 is 0 Å². The molecule has 19 heavy (non-hydrogen) atoms. The molecule has 102 valence electrons. The molecule has 0 saturated carbocycles. The number of unbranched alkanes of at least 4 members (excludes halogenated alkanes) is 1. The highest BCUT2D eigenvalue weighted by atomic mass is 15.1. The van der Waals surface area contributed by atoms with E-state index in [2.05, 4.69) is 23.1 Å². The Morgan fingerprint density at radius 3 is 2.74 bits per heavy atom. The molecule has 0 spiro atoms. The van der Waals surface area contributed by atoms with E-state index in [-0.39, 0.29) is 5.41 Å². The third-order valence-electron chi connectivity index (χ3n) is 3.85. The number of hydrogen-bond acceptors (Lipinski definition) is 3. The molecule has 1 aliphatic heterocycles. The van der Waals surface area contributed by atoms with Crippen LogP contribution in [0.15, 0.2) is 18.2 Å². The molecule has 1 heterocycles. The molecular formula is C16H23N3. The van der Waals surface area contributed by atoms with Crippen molar-refractivity contribution in [3.8, 4) is 6.07 Å². The fourth-order valence-corrected chi connectivity index (χ4v) is 2.60. The SMILES string of the molecule is CC(C)(C#N)CCCCN1Cc2ccc(N)cc2C1. The standard InChI is InChI=1S/C16H23N3/c1-16(2,12-17)7-3-4-8-19-10-13-5-6-15(18)9-14(13)11-19/h5-6,9H,3-4,7-8,10-11,18H2,1-2H3. The van der Waals surface area contributed by atoms with Gasteiger partial charge in [0.15, 0.2) is 0 Å². The van der Waals surface area contributed by atoms with Crippen molar-refractivity contribution in [3.05, 3.63) is 29.3 Å². The Bertz CT molecular complexity index is 485. The number of nitrogens with two attached hydrogens (primary N) is 1. The average molecular weight is 257 g/mol. The number of fused-ring (bicyclic) bond motifs is 1. The van der Waals surface area contributed by atoms with Crippen LogP contribution in [-0.4, -0.2) is 11.4 Å². The van der Waals surface area contributed by atoms with E-state index < -0.39 is 0 Å². The maximum absolute atomic E-state index is 8.98. The van der Waals surface area contributed by atoms with E-state index >= 15 is 0 Å². The molecule has 0 aliphatic carbocycles. The van der Waals surface area contributed by atoms with Crippen LogP contribution in [0.1, 0.15) is 44.2 Å². The van der Waals surface area contributed by atoms with Gasteiger partial charge < -0.3 is 5.73 Å². The van der Waals surface area contributed by atoms with E-state index in [1.807, 2.05) is 19.9 Å². The van der Waals surface area contributed by atoms with Gasteiger partial charge in [-0.15, -0.1) is 0 Å². The lowest BCUT2D eigenvalue weighted by Gasteiger charge is -2.17. The summed E-state index contributed by atoms with van der Waals surface area (Å²) in [6.45, 7) is 7.19. The lowest BCUT2D eigenvalue weighted by molar-refractivity contribution is 0.271. The monoisotopic (exact) mass is 257 g/mol. The molecule has 3 nitrogen and oxygen atoms in total. The van der Waals surface area contributed by atoms with E-state index in [0.29, 0.717) is 0 Å². The minimum atomic E-state index is -0.178. The molecule has 0 amide bonds. The molecule has 0 fully saturated rings. The van der Waals surface area contributed by atoms with Crippen LogP contribution in [0.2, 0.25) is 0 Å². The Morgan fingerprint density at radius 1 is 1.26 bits per heavy atom. The quantitative estimate of drug-likeness (QED) is 0.650. The summed E-state index contributed by atoms with van der Waals surface area (Å²) < 4.78 is 0. The zero-order valence-electron chi connectivity index (χ0n) is 11.9. The molecule has 0 radical (unpaired) electrons. The fraction of sp³-hybridized carbons (Fsp3) is 0.562. The van der Waals surface area contributed by atoms with E-state index in [4.69, 9.17) is 11.0 Å². The normalized spacial score (nSPS) is 15.2. The number of nitrogen functional groups attached to an aromatic ring is 1. The van der Waals surface area contributed by atoms with Crippen molar-refractivity contribution in [1.82, 2.24) is 4.90 Å². The minimum Gasteiger partial charge on any atom is -0.399 e. The van der Waals surface area contributed by atoms with Crippen molar-refractivity contribution in [2.45, 2.75) is 46.2 Å². The Kier molecular flexibility index (Phi) is 4.11. The maximum Gasteiger partial charge on any atom is 0.0683 e. The number of benzene rings is 1. The largest absolute Gasteiger partial charge is 0.399 e. The molecule has 1 aliphatic rings. The first kappa shape index (κ1) is 13.9. The van der Waals surface area contributed by atoms with Gasteiger partial charge >= 0.3 is 0 Å². The Balaban J connectivity index is 1.74. The van der Waals surface area contributed by atoms with Gasteiger partial charge in [-0.1, -0.05) is 12.5 Å². The molecule has 1 aromatic rings. The molecule has 0 atom stereocenters. The van der Waals surface area contributed by atoms with Crippen molar-refractivity contribution >= 4 is 5.69 Å². The summed E-state index contributed by atoms with van der Waals surface area (Å²) in [5.74, 6) is 0. The lowest BCUT2D eigenvalue weighted by atomic mass is 9.89. The van der Waals surface area contributed by atoms with Gasteiger partial charge in [0.2, 0.25) is 0 Å². The first-order valence-electron chi connectivity index (χ1n) is 7.01. The summed E-state index contributed by atoms with van der Waals surface area (Å²) in [5.41, 5.74) is 9.27. The number of anilines is 1. The second-order valence-electron chi connectivity index (χ2n) is 6.19. The van der Waals surface area contributed by atoms with Crippen LogP contribution in [-0.2, 0) is 13.1 Å². The zero-order chi connectivity index (χ0) is 13.9. The van der Waals surface area contributed by atoms with Crippen LogP contribution in [0.25, 0.3) is 0 Å². The first-order valence-corrected chi connectivity index (χ1v) is 7.01. The van der Waals surface area contributed by atoms with Crippen molar-refractivity contribution in [2.75, 3.05) is 12.3 Å². The molecule has 0 saturated heterocycles. The van der Waals surface area contributed by atoms with Gasteiger partial charge in [0.05, 0.1) is 11.5 Å². The molecule has 0 unspecified atom stereocenters. The molecule has 0 bridgehead atoms. The zero-order valence-corrected chi connectivity index (χ0v) is 11.9. The molecule has 2 rings (SSSR count). The summed E-state index contributed by atoms with van der Waals surface area (Å²) in [6.07, 6.45) is 3.27. The molecule has 3 heteroatoms. The first-order chi connectivity index (χ1) is 9.00. The topological polar surface area (TPSA) is 53.0 Å². The van der Waals surface area contributed by atoms with Gasteiger partial charge in [0, 0.05) is 18.8 Å². The minimum absolute atomic E-state index is 0.178. The van der Waals surface area contributed by atoms with Crippen LogP contribution in [0.3, 0.4) is 0 Å². The number of hydrogen-bond donors (Lipinski definition) is 1. The maximum atomic E-state index is 8.98. The van der Waals surface area contributed by atoms with Gasteiger partial charge in [-0.3, -0.25) is 4.90 Å². The van der Waals surface area contributed by atoms with E-state index in [9.17, 15) is 0 Å². The summed E-state index contributed by atoms with van der Waals surface area (Å²) >= 11 is 0. The van der Waals surface area contributed by atoms with Gasteiger partial charge in [0.25, 0.3) is 0 Å². The Labute approximate surface area is 116 Å². The summed E-state index contributed by atoms with van der Waals surface area (Å²) in [4.78, 5) is 2.46. The highest BCUT2D eigenvalue weighted by Gasteiger charge is 2.19.